The highest BCUT2D eigenvalue weighted by Gasteiger charge is 2.21. The molecule has 0 spiro atoms. The third kappa shape index (κ3) is 4.84. The summed E-state index contributed by atoms with van der Waals surface area (Å²) < 4.78 is 38.3. The normalized spacial score (nSPS) is 10.9. The van der Waals surface area contributed by atoms with Crippen LogP contribution in [0.1, 0.15) is 10.4 Å². The Balaban J connectivity index is 1.86. The van der Waals surface area contributed by atoms with Crippen LogP contribution in [0, 0.1) is 0 Å². The van der Waals surface area contributed by atoms with E-state index in [1.165, 1.54) is 32.4 Å². The van der Waals surface area contributed by atoms with Gasteiger partial charge in [-0.15, -0.1) is 0 Å². The SMILES string of the molecule is COc1ccc(NC(=O)c2ccc(Cl)c(S(=O)(=O)Nc3ccccc3)c2)cc1OC. The quantitative estimate of drug-likeness (QED) is 0.560. The van der Waals surface area contributed by atoms with Crippen LogP contribution in [0.15, 0.2) is 71.6 Å². The lowest BCUT2D eigenvalue weighted by molar-refractivity contribution is 0.102. The van der Waals surface area contributed by atoms with E-state index >= 15 is 0 Å². The Kier molecular flexibility index (Phi) is 6.49. The fourth-order valence-electron chi connectivity index (χ4n) is 2.68. The van der Waals surface area contributed by atoms with Crippen molar-refractivity contribution < 1.29 is 22.7 Å². The first-order valence-electron chi connectivity index (χ1n) is 8.75. The molecule has 9 heteroatoms. The molecule has 7 nitrogen and oxygen atoms in total. The van der Waals surface area contributed by atoms with Gasteiger partial charge in [0.05, 0.1) is 19.2 Å². The van der Waals surface area contributed by atoms with Gasteiger partial charge in [0.15, 0.2) is 11.5 Å². The predicted octanol–water partition coefficient (Wildman–Crippen LogP) is 4.41. The molecule has 0 bridgehead atoms. The number of amides is 1. The topological polar surface area (TPSA) is 93.7 Å². The van der Waals surface area contributed by atoms with Gasteiger partial charge >= 0.3 is 0 Å². The van der Waals surface area contributed by atoms with Crippen LogP contribution in [0.5, 0.6) is 11.5 Å². The monoisotopic (exact) mass is 446 g/mol. The molecule has 3 aromatic carbocycles. The molecule has 0 radical (unpaired) electrons. The first-order valence-corrected chi connectivity index (χ1v) is 10.6. The number of hydrogen-bond acceptors (Lipinski definition) is 5. The Morgan fingerprint density at radius 2 is 1.57 bits per heavy atom. The molecule has 0 fully saturated rings. The number of carbonyl (C=O) groups excluding carboxylic acids is 1. The van der Waals surface area contributed by atoms with Gasteiger partial charge in [-0.1, -0.05) is 29.8 Å². The van der Waals surface area contributed by atoms with Gasteiger partial charge < -0.3 is 14.8 Å². The van der Waals surface area contributed by atoms with Crippen molar-refractivity contribution in [1.29, 1.82) is 0 Å². The molecule has 0 saturated heterocycles. The molecule has 0 aromatic heterocycles. The highest BCUT2D eigenvalue weighted by atomic mass is 35.5. The summed E-state index contributed by atoms with van der Waals surface area (Å²) in [6.45, 7) is 0. The average Bonchev–Trinajstić information content (AvgIpc) is 2.74. The number of halogens is 1. The summed E-state index contributed by atoms with van der Waals surface area (Å²) in [5.74, 6) is 0.458. The molecular formula is C21H19ClN2O5S. The molecule has 2 N–H and O–H groups in total. The first kappa shape index (κ1) is 21.5. The van der Waals surface area contributed by atoms with Crippen molar-refractivity contribution in [2.45, 2.75) is 4.90 Å². The zero-order chi connectivity index (χ0) is 21.7. The Morgan fingerprint density at radius 3 is 2.23 bits per heavy atom. The molecule has 0 aliphatic carbocycles. The zero-order valence-electron chi connectivity index (χ0n) is 16.2. The van der Waals surface area contributed by atoms with Crippen LogP contribution in [0.4, 0.5) is 11.4 Å². The Morgan fingerprint density at radius 1 is 0.867 bits per heavy atom. The fourth-order valence-corrected chi connectivity index (χ4v) is 4.27. The van der Waals surface area contributed by atoms with Crippen molar-refractivity contribution in [2.75, 3.05) is 24.3 Å². The van der Waals surface area contributed by atoms with Gasteiger partial charge in [0.1, 0.15) is 4.90 Å². The molecular weight excluding hydrogens is 428 g/mol. The summed E-state index contributed by atoms with van der Waals surface area (Å²) in [4.78, 5) is 12.5. The highest BCUT2D eigenvalue weighted by molar-refractivity contribution is 7.92. The largest absolute Gasteiger partial charge is 0.493 e. The molecule has 0 heterocycles. The summed E-state index contributed by atoms with van der Waals surface area (Å²) in [6, 6.07) is 17.3. The Labute approximate surface area is 179 Å². The predicted molar refractivity (Wildman–Crippen MR) is 116 cm³/mol. The number of rotatable bonds is 7. The molecule has 0 atom stereocenters. The number of benzene rings is 3. The van der Waals surface area contributed by atoms with Crippen LogP contribution in [0.2, 0.25) is 5.02 Å². The summed E-state index contributed by atoms with van der Waals surface area (Å²) in [5.41, 5.74) is 0.968. The van der Waals surface area contributed by atoms with E-state index in [0.717, 1.165) is 0 Å². The van der Waals surface area contributed by atoms with Crippen molar-refractivity contribution in [3.8, 4) is 11.5 Å². The van der Waals surface area contributed by atoms with Crippen LogP contribution in [0.25, 0.3) is 0 Å². The maximum absolute atomic E-state index is 12.8. The minimum Gasteiger partial charge on any atom is -0.493 e. The van der Waals surface area contributed by atoms with E-state index < -0.39 is 15.9 Å². The lowest BCUT2D eigenvalue weighted by Gasteiger charge is -2.12. The standard InChI is InChI=1S/C21H19ClN2O5S/c1-28-18-11-9-16(13-19(18)29-2)23-21(25)14-8-10-17(22)20(12-14)30(26,27)24-15-6-4-3-5-7-15/h3-13,24H,1-2H3,(H,23,25). The van der Waals surface area contributed by atoms with Crippen LogP contribution in [-0.4, -0.2) is 28.5 Å². The van der Waals surface area contributed by atoms with Gasteiger partial charge in [-0.3, -0.25) is 9.52 Å². The number of anilines is 2. The Bertz CT molecular complexity index is 1170. The van der Waals surface area contributed by atoms with E-state index in [4.69, 9.17) is 21.1 Å². The maximum atomic E-state index is 12.8. The molecule has 156 valence electrons. The summed E-state index contributed by atoms with van der Waals surface area (Å²) in [7, 11) is -0.996. The van der Waals surface area contributed by atoms with Crippen molar-refractivity contribution in [3.05, 3.63) is 77.3 Å². The molecule has 0 saturated carbocycles. The van der Waals surface area contributed by atoms with Gasteiger partial charge in [0.25, 0.3) is 15.9 Å². The van der Waals surface area contributed by atoms with Crippen LogP contribution >= 0.6 is 11.6 Å². The maximum Gasteiger partial charge on any atom is 0.263 e. The minimum atomic E-state index is -3.99. The minimum absolute atomic E-state index is 0.00102. The molecule has 30 heavy (non-hydrogen) atoms. The second-order valence-corrected chi connectivity index (χ2v) is 8.20. The molecule has 0 unspecified atom stereocenters. The van der Waals surface area contributed by atoms with Crippen molar-refractivity contribution in [1.82, 2.24) is 0 Å². The molecule has 3 aromatic rings. The van der Waals surface area contributed by atoms with Crippen LogP contribution in [-0.2, 0) is 10.0 Å². The number of hydrogen-bond donors (Lipinski definition) is 2. The molecule has 3 rings (SSSR count). The van der Waals surface area contributed by atoms with Crippen LogP contribution in [0.3, 0.4) is 0 Å². The lowest BCUT2D eigenvalue weighted by atomic mass is 10.2. The molecule has 0 aliphatic heterocycles. The number of nitrogens with one attached hydrogen (secondary N) is 2. The highest BCUT2D eigenvalue weighted by Crippen LogP contribution is 2.30. The zero-order valence-corrected chi connectivity index (χ0v) is 17.8. The lowest BCUT2D eigenvalue weighted by Crippen LogP contribution is -2.16. The van der Waals surface area contributed by atoms with E-state index in [1.54, 1.807) is 48.5 Å². The third-order valence-electron chi connectivity index (χ3n) is 4.15. The number of para-hydroxylation sites is 1. The second-order valence-electron chi connectivity index (χ2n) is 6.14. The molecule has 1 amide bonds. The third-order valence-corrected chi connectivity index (χ3v) is 6.01. The van der Waals surface area contributed by atoms with Gasteiger partial charge in [0.2, 0.25) is 0 Å². The van der Waals surface area contributed by atoms with E-state index in [2.05, 4.69) is 10.0 Å². The number of carbonyl (C=O) groups is 1. The second kappa shape index (κ2) is 9.06. The average molecular weight is 447 g/mol. The van der Waals surface area contributed by atoms with Gasteiger partial charge in [-0.2, -0.15) is 0 Å². The smallest absolute Gasteiger partial charge is 0.263 e. The fraction of sp³-hybridized carbons (Fsp3) is 0.0952. The van der Waals surface area contributed by atoms with E-state index in [1.807, 2.05) is 0 Å². The van der Waals surface area contributed by atoms with Gasteiger partial charge in [-0.25, -0.2) is 8.42 Å². The van der Waals surface area contributed by atoms with Crippen LogP contribution < -0.4 is 19.5 Å². The van der Waals surface area contributed by atoms with E-state index in [-0.39, 0.29) is 15.5 Å². The number of methoxy groups -OCH3 is 2. The summed E-state index contributed by atoms with van der Waals surface area (Å²) in [6.07, 6.45) is 0. The molecule has 0 aliphatic rings. The van der Waals surface area contributed by atoms with Gasteiger partial charge in [-0.05, 0) is 42.5 Å². The number of sulfonamides is 1. The van der Waals surface area contributed by atoms with E-state index in [0.29, 0.717) is 22.9 Å². The van der Waals surface area contributed by atoms with E-state index in [9.17, 15) is 13.2 Å². The summed E-state index contributed by atoms with van der Waals surface area (Å²) in [5, 5.41) is 2.70. The number of ether oxygens (including phenoxy) is 2. The summed E-state index contributed by atoms with van der Waals surface area (Å²) >= 11 is 6.10. The Hall–Kier alpha value is -3.23. The van der Waals surface area contributed by atoms with Crippen molar-refractivity contribution >= 4 is 38.9 Å². The van der Waals surface area contributed by atoms with Crippen molar-refractivity contribution in [2.24, 2.45) is 0 Å². The van der Waals surface area contributed by atoms with Crippen molar-refractivity contribution in [3.63, 3.8) is 0 Å². The first-order chi connectivity index (χ1) is 14.3. The van der Waals surface area contributed by atoms with Gasteiger partial charge in [0, 0.05) is 23.0 Å².